The molecule has 0 saturated heterocycles. The van der Waals surface area contributed by atoms with Crippen LogP contribution >= 0.6 is 0 Å². The van der Waals surface area contributed by atoms with E-state index in [1.165, 1.54) is 6.33 Å². The number of aromatic nitrogens is 4. The molecule has 1 radical (unpaired) electrons. The number of rotatable bonds is 3. The van der Waals surface area contributed by atoms with E-state index in [1.54, 1.807) is 12.4 Å². The van der Waals surface area contributed by atoms with Crippen LogP contribution in [0, 0.1) is 12.1 Å². The van der Waals surface area contributed by atoms with Crippen molar-refractivity contribution in [2.75, 3.05) is 0 Å². The Kier molecular flexibility index (Phi) is 8.29. The van der Waals surface area contributed by atoms with Crippen molar-refractivity contribution < 1.29 is 20.1 Å². The van der Waals surface area contributed by atoms with Crippen LogP contribution in [0.2, 0.25) is 0 Å². The maximum absolute atomic E-state index is 4.43. The summed E-state index contributed by atoms with van der Waals surface area (Å²) in [6.45, 7) is 0. The summed E-state index contributed by atoms with van der Waals surface area (Å²) in [5, 5.41) is 0. The van der Waals surface area contributed by atoms with E-state index in [0.29, 0.717) is 0 Å². The first kappa shape index (κ1) is 22.2. The van der Waals surface area contributed by atoms with Gasteiger partial charge in [0.05, 0.1) is 5.69 Å². The largest absolute Gasteiger partial charge is 0.305 e. The molecule has 153 valence electrons. The molecule has 5 rings (SSSR count). The monoisotopic (exact) mass is 579 g/mol. The molecule has 0 N–H and O–H groups in total. The molecule has 31 heavy (non-hydrogen) atoms. The summed E-state index contributed by atoms with van der Waals surface area (Å²) < 4.78 is 0. The molecular formula is C26H18IrN4-2. The van der Waals surface area contributed by atoms with Crippen LogP contribution < -0.4 is 0 Å². The molecule has 0 spiro atoms. The van der Waals surface area contributed by atoms with Crippen LogP contribution in [-0.4, -0.2) is 19.9 Å². The van der Waals surface area contributed by atoms with Crippen molar-refractivity contribution in [2.24, 2.45) is 0 Å². The second-order valence-electron chi connectivity index (χ2n) is 6.29. The summed E-state index contributed by atoms with van der Waals surface area (Å²) in [5.74, 6) is 0. The van der Waals surface area contributed by atoms with Gasteiger partial charge in [-0.1, -0.05) is 24.3 Å². The SMILES string of the molecule is [Ir].[c-]1ccccc1-c1ccc(-c2ccncn2)cn1.[c-]1ccccc1-c1ccccn1. The molecule has 3 heterocycles. The molecule has 3 aromatic heterocycles. The maximum atomic E-state index is 4.43. The van der Waals surface area contributed by atoms with E-state index in [-0.39, 0.29) is 20.1 Å². The molecule has 0 unspecified atom stereocenters. The van der Waals surface area contributed by atoms with Gasteiger partial charge in [-0.25, -0.2) is 9.97 Å². The molecule has 0 saturated carbocycles. The van der Waals surface area contributed by atoms with Gasteiger partial charge in [-0.15, -0.1) is 71.8 Å². The predicted octanol–water partition coefficient (Wildman–Crippen LogP) is 5.55. The van der Waals surface area contributed by atoms with E-state index in [1.807, 2.05) is 91.1 Å². The van der Waals surface area contributed by atoms with Gasteiger partial charge in [-0.05, 0) is 23.5 Å². The van der Waals surface area contributed by atoms with Crippen LogP contribution in [0.15, 0.2) is 110 Å². The molecule has 0 fully saturated rings. The third kappa shape index (κ3) is 6.22. The topological polar surface area (TPSA) is 51.6 Å². The predicted molar refractivity (Wildman–Crippen MR) is 118 cm³/mol. The smallest absolute Gasteiger partial charge is 0.116 e. The Morgan fingerprint density at radius 3 is 1.77 bits per heavy atom. The molecule has 0 amide bonds. The fourth-order valence-electron chi connectivity index (χ4n) is 2.79. The average Bonchev–Trinajstić information content (AvgIpc) is 2.87. The zero-order valence-corrected chi connectivity index (χ0v) is 18.9. The van der Waals surface area contributed by atoms with Crippen LogP contribution in [0.1, 0.15) is 0 Å². The van der Waals surface area contributed by atoms with Gasteiger partial charge in [0.25, 0.3) is 0 Å². The third-order valence-corrected chi connectivity index (χ3v) is 4.28. The van der Waals surface area contributed by atoms with Gasteiger partial charge in [0, 0.05) is 44.3 Å². The minimum atomic E-state index is 0. The number of pyridine rings is 2. The van der Waals surface area contributed by atoms with Crippen molar-refractivity contribution in [3.63, 3.8) is 0 Å². The summed E-state index contributed by atoms with van der Waals surface area (Å²) in [7, 11) is 0. The van der Waals surface area contributed by atoms with Gasteiger partial charge in [0.15, 0.2) is 0 Å². The molecule has 0 bridgehead atoms. The van der Waals surface area contributed by atoms with Crippen LogP contribution in [0.25, 0.3) is 33.8 Å². The average molecular weight is 579 g/mol. The second kappa shape index (κ2) is 11.6. The Morgan fingerprint density at radius 1 is 0.548 bits per heavy atom. The van der Waals surface area contributed by atoms with Gasteiger partial charge >= 0.3 is 0 Å². The van der Waals surface area contributed by atoms with Crippen molar-refractivity contribution in [1.82, 2.24) is 19.9 Å². The van der Waals surface area contributed by atoms with Crippen molar-refractivity contribution in [3.8, 4) is 33.8 Å². The van der Waals surface area contributed by atoms with Crippen molar-refractivity contribution in [2.45, 2.75) is 0 Å². The molecule has 0 aliphatic carbocycles. The summed E-state index contributed by atoms with van der Waals surface area (Å²) in [6, 6.07) is 33.6. The van der Waals surface area contributed by atoms with Crippen LogP contribution in [0.5, 0.6) is 0 Å². The fourth-order valence-corrected chi connectivity index (χ4v) is 2.79. The molecule has 2 aromatic carbocycles. The van der Waals surface area contributed by atoms with Crippen LogP contribution in [-0.2, 0) is 20.1 Å². The van der Waals surface area contributed by atoms with Crippen LogP contribution in [0.4, 0.5) is 0 Å². The van der Waals surface area contributed by atoms with Crippen molar-refractivity contribution in [3.05, 3.63) is 122 Å². The van der Waals surface area contributed by atoms with Gasteiger partial charge < -0.3 is 9.97 Å². The third-order valence-electron chi connectivity index (χ3n) is 4.28. The Morgan fingerprint density at radius 2 is 1.26 bits per heavy atom. The minimum absolute atomic E-state index is 0. The molecular weight excluding hydrogens is 561 g/mol. The van der Waals surface area contributed by atoms with Gasteiger partial charge in [-0.2, -0.15) is 0 Å². The molecule has 0 aliphatic rings. The Hall–Kier alpha value is -3.53. The molecule has 0 aliphatic heterocycles. The van der Waals surface area contributed by atoms with Crippen molar-refractivity contribution >= 4 is 0 Å². The zero-order valence-electron chi connectivity index (χ0n) is 16.5. The first-order valence-electron chi connectivity index (χ1n) is 9.48. The number of hydrogen-bond donors (Lipinski definition) is 0. The normalized spacial score (nSPS) is 9.68. The number of nitrogens with zero attached hydrogens (tertiary/aromatic N) is 4. The van der Waals surface area contributed by atoms with Gasteiger partial charge in [0.1, 0.15) is 6.33 Å². The van der Waals surface area contributed by atoms with E-state index in [0.717, 1.165) is 33.8 Å². The Balaban J connectivity index is 0.000000183. The Labute approximate surface area is 195 Å². The van der Waals surface area contributed by atoms with Crippen LogP contribution in [0.3, 0.4) is 0 Å². The van der Waals surface area contributed by atoms with E-state index < -0.39 is 0 Å². The van der Waals surface area contributed by atoms with E-state index >= 15 is 0 Å². The molecule has 4 nitrogen and oxygen atoms in total. The second-order valence-corrected chi connectivity index (χ2v) is 6.29. The first-order chi connectivity index (χ1) is 14.9. The standard InChI is InChI=1S/C15H10N3.C11H8N.Ir/c1-2-4-12(5-3-1)14-7-6-13(10-17-14)15-8-9-16-11-18-15;1-2-6-10(7-3-1)11-8-4-5-9-12-11;/h1-4,6-11H;1-6,8-9H;/q2*-1;. The summed E-state index contributed by atoms with van der Waals surface area (Å²) in [5.41, 5.74) is 5.77. The van der Waals surface area contributed by atoms with Gasteiger partial charge in [-0.3, -0.25) is 0 Å². The maximum Gasteiger partial charge on any atom is 0.116 e. The summed E-state index contributed by atoms with van der Waals surface area (Å²) in [6.07, 6.45) is 6.87. The fraction of sp³-hybridized carbons (Fsp3) is 0. The van der Waals surface area contributed by atoms with E-state index in [2.05, 4.69) is 32.1 Å². The molecule has 5 heteroatoms. The molecule has 5 aromatic rings. The quantitative estimate of drug-likeness (QED) is 0.264. The number of hydrogen-bond acceptors (Lipinski definition) is 4. The molecule has 0 atom stereocenters. The van der Waals surface area contributed by atoms with E-state index in [4.69, 9.17) is 0 Å². The Bertz CT molecular complexity index is 1060. The summed E-state index contributed by atoms with van der Waals surface area (Å²) in [4.78, 5) is 16.7. The first-order valence-corrected chi connectivity index (χ1v) is 9.48. The zero-order chi connectivity index (χ0) is 20.4. The van der Waals surface area contributed by atoms with E-state index in [9.17, 15) is 0 Å². The summed E-state index contributed by atoms with van der Waals surface area (Å²) >= 11 is 0. The van der Waals surface area contributed by atoms with Crippen molar-refractivity contribution in [1.29, 1.82) is 0 Å². The van der Waals surface area contributed by atoms with Gasteiger partial charge in [0.2, 0.25) is 0 Å². The minimum Gasteiger partial charge on any atom is -0.305 e. The number of benzene rings is 2.